The second-order valence-electron chi connectivity index (χ2n) is 5.65. The Morgan fingerprint density at radius 3 is 2.54 bits per heavy atom. The standard InChI is InChI=1S/C19H22FN3O3/c1-13(18(24)23-16-9-5-4-8-15(16)20)22-19(25)21-12-11-14-7-3-6-10-17(14)26-2/h3-10,13H,11-12H2,1-2H3,(H,23,24)(H2,21,22,25). The number of hydrogen-bond donors (Lipinski definition) is 3. The SMILES string of the molecule is COc1ccccc1CCNC(=O)NC(C)C(=O)Nc1ccccc1F. The fraction of sp³-hybridized carbons (Fsp3) is 0.263. The summed E-state index contributed by atoms with van der Waals surface area (Å²) in [5.41, 5.74) is 1.04. The van der Waals surface area contributed by atoms with Gasteiger partial charge in [0.25, 0.3) is 0 Å². The van der Waals surface area contributed by atoms with Crippen LogP contribution in [0.15, 0.2) is 48.5 Å². The van der Waals surface area contributed by atoms with Gasteiger partial charge in [0.2, 0.25) is 5.91 Å². The highest BCUT2D eigenvalue weighted by molar-refractivity contribution is 5.96. The molecule has 26 heavy (non-hydrogen) atoms. The predicted octanol–water partition coefficient (Wildman–Crippen LogP) is 2.70. The van der Waals surface area contributed by atoms with E-state index >= 15 is 0 Å². The highest BCUT2D eigenvalue weighted by atomic mass is 19.1. The topological polar surface area (TPSA) is 79.5 Å². The first-order valence-electron chi connectivity index (χ1n) is 8.23. The summed E-state index contributed by atoms with van der Waals surface area (Å²) in [6, 6.07) is 12.1. The Morgan fingerprint density at radius 2 is 1.81 bits per heavy atom. The summed E-state index contributed by atoms with van der Waals surface area (Å²) in [4.78, 5) is 24.0. The van der Waals surface area contributed by atoms with Crippen molar-refractivity contribution in [3.63, 3.8) is 0 Å². The zero-order valence-electron chi connectivity index (χ0n) is 14.7. The van der Waals surface area contributed by atoms with Crippen LogP contribution in [-0.2, 0) is 11.2 Å². The number of anilines is 1. The number of amides is 3. The minimum absolute atomic E-state index is 0.0720. The van der Waals surface area contributed by atoms with Crippen molar-refractivity contribution in [3.8, 4) is 5.75 Å². The second kappa shape index (κ2) is 9.41. The Morgan fingerprint density at radius 1 is 1.12 bits per heavy atom. The molecule has 0 aliphatic rings. The van der Waals surface area contributed by atoms with Gasteiger partial charge in [0.1, 0.15) is 17.6 Å². The number of carbonyl (C=O) groups is 2. The fourth-order valence-electron chi connectivity index (χ4n) is 2.34. The molecule has 0 radical (unpaired) electrons. The third-order valence-electron chi connectivity index (χ3n) is 3.75. The maximum absolute atomic E-state index is 13.5. The highest BCUT2D eigenvalue weighted by Gasteiger charge is 2.16. The van der Waals surface area contributed by atoms with Gasteiger partial charge in [0, 0.05) is 6.54 Å². The third kappa shape index (κ3) is 5.47. The van der Waals surface area contributed by atoms with E-state index in [1.807, 2.05) is 24.3 Å². The number of ether oxygens (including phenoxy) is 1. The molecule has 7 heteroatoms. The van der Waals surface area contributed by atoms with Crippen LogP contribution in [0.5, 0.6) is 5.75 Å². The van der Waals surface area contributed by atoms with Crippen molar-refractivity contribution in [2.75, 3.05) is 19.0 Å². The lowest BCUT2D eigenvalue weighted by Crippen LogP contribution is -2.46. The molecule has 0 fully saturated rings. The number of hydrogen-bond acceptors (Lipinski definition) is 3. The number of methoxy groups -OCH3 is 1. The molecule has 3 N–H and O–H groups in total. The Bertz CT molecular complexity index is 767. The molecule has 0 heterocycles. The molecule has 0 aromatic heterocycles. The average Bonchev–Trinajstić information content (AvgIpc) is 2.64. The Hall–Kier alpha value is -3.09. The van der Waals surface area contributed by atoms with Crippen LogP contribution in [0.2, 0.25) is 0 Å². The van der Waals surface area contributed by atoms with Gasteiger partial charge in [-0.3, -0.25) is 4.79 Å². The summed E-state index contributed by atoms with van der Waals surface area (Å²) < 4.78 is 18.8. The van der Waals surface area contributed by atoms with E-state index in [4.69, 9.17) is 4.74 Å². The lowest BCUT2D eigenvalue weighted by Gasteiger charge is -2.15. The first-order valence-corrected chi connectivity index (χ1v) is 8.23. The van der Waals surface area contributed by atoms with E-state index in [0.29, 0.717) is 13.0 Å². The van der Waals surface area contributed by atoms with Gasteiger partial charge in [0.15, 0.2) is 0 Å². The zero-order chi connectivity index (χ0) is 18.9. The van der Waals surface area contributed by atoms with Crippen molar-refractivity contribution in [1.29, 1.82) is 0 Å². The molecule has 0 aliphatic heterocycles. The normalized spacial score (nSPS) is 11.3. The average molecular weight is 359 g/mol. The molecule has 2 rings (SSSR count). The largest absolute Gasteiger partial charge is 0.496 e. The van der Waals surface area contributed by atoms with Gasteiger partial charge >= 0.3 is 6.03 Å². The van der Waals surface area contributed by atoms with E-state index in [2.05, 4.69) is 16.0 Å². The van der Waals surface area contributed by atoms with Crippen molar-refractivity contribution >= 4 is 17.6 Å². The summed E-state index contributed by atoms with van der Waals surface area (Å²) in [6.07, 6.45) is 0.591. The molecule has 1 atom stereocenters. The minimum atomic E-state index is -0.819. The second-order valence-corrected chi connectivity index (χ2v) is 5.65. The Labute approximate surface area is 151 Å². The molecule has 0 saturated carbocycles. The van der Waals surface area contributed by atoms with Crippen LogP contribution < -0.4 is 20.7 Å². The zero-order valence-corrected chi connectivity index (χ0v) is 14.7. The first-order chi connectivity index (χ1) is 12.5. The Kier molecular flexibility index (Phi) is 6.96. The number of benzene rings is 2. The van der Waals surface area contributed by atoms with Crippen molar-refractivity contribution in [2.45, 2.75) is 19.4 Å². The van der Waals surface area contributed by atoms with Crippen LogP contribution >= 0.6 is 0 Å². The molecule has 138 valence electrons. The van der Waals surface area contributed by atoms with Crippen LogP contribution in [0.1, 0.15) is 12.5 Å². The third-order valence-corrected chi connectivity index (χ3v) is 3.75. The highest BCUT2D eigenvalue weighted by Crippen LogP contribution is 2.17. The van der Waals surface area contributed by atoms with Gasteiger partial charge in [-0.25, -0.2) is 9.18 Å². The Balaban J connectivity index is 1.78. The van der Waals surface area contributed by atoms with Crippen LogP contribution in [0.3, 0.4) is 0 Å². The molecule has 1 unspecified atom stereocenters. The number of para-hydroxylation sites is 2. The van der Waals surface area contributed by atoms with E-state index in [9.17, 15) is 14.0 Å². The lowest BCUT2D eigenvalue weighted by atomic mass is 10.1. The van der Waals surface area contributed by atoms with E-state index < -0.39 is 23.8 Å². The summed E-state index contributed by atoms with van der Waals surface area (Å²) in [5.74, 6) is -0.281. The molecule has 3 amide bonds. The summed E-state index contributed by atoms with van der Waals surface area (Å²) in [7, 11) is 1.59. The van der Waals surface area contributed by atoms with Crippen LogP contribution in [0.25, 0.3) is 0 Å². The molecule has 6 nitrogen and oxygen atoms in total. The number of carbonyl (C=O) groups excluding carboxylic acids is 2. The molecule has 2 aromatic rings. The monoisotopic (exact) mass is 359 g/mol. The van der Waals surface area contributed by atoms with E-state index in [-0.39, 0.29) is 5.69 Å². The summed E-state index contributed by atoms with van der Waals surface area (Å²) >= 11 is 0. The molecule has 0 saturated heterocycles. The maximum atomic E-state index is 13.5. The van der Waals surface area contributed by atoms with Crippen molar-refractivity contribution < 1.29 is 18.7 Å². The van der Waals surface area contributed by atoms with Gasteiger partial charge in [-0.05, 0) is 37.1 Å². The van der Waals surface area contributed by atoms with Crippen LogP contribution in [0, 0.1) is 5.82 Å². The maximum Gasteiger partial charge on any atom is 0.315 e. The predicted molar refractivity (Wildman–Crippen MR) is 97.7 cm³/mol. The van der Waals surface area contributed by atoms with Crippen molar-refractivity contribution in [2.24, 2.45) is 0 Å². The van der Waals surface area contributed by atoms with Crippen molar-refractivity contribution in [1.82, 2.24) is 10.6 Å². The number of urea groups is 1. The van der Waals surface area contributed by atoms with Gasteiger partial charge < -0.3 is 20.7 Å². The quantitative estimate of drug-likeness (QED) is 0.711. The minimum Gasteiger partial charge on any atom is -0.496 e. The van der Waals surface area contributed by atoms with E-state index in [0.717, 1.165) is 11.3 Å². The smallest absolute Gasteiger partial charge is 0.315 e. The summed E-state index contributed by atoms with van der Waals surface area (Å²) in [6.45, 7) is 1.91. The van der Waals surface area contributed by atoms with Crippen LogP contribution in [-0.4, -0.2) is 31.6 Å². The number of nitrogens with one attached hydrogen (secondary N) is 3. The first kappa shape index (κ1) is 19.2. The summed E-state index contributed by atoms with van der Waals surface area (Å²) in [5, 5.41) is 7.64. The fourth-order valence-corrected chi connectivity index (χ4v) is 2.34. The molecule has 2 aromatic carbocycles. The van der Waals surface area contributed by atoms with Gasteiger partial charge in [0.05, 0.1) is 12.8 Å². The van der Waals surface area contributed by atoms with Crippen LogP contribution in [0.4, 0.5) is 14.9 Å². The van der Waals surface area contributed by atoms with Crippen molar-refractivity contribution in [3.05, 3.63) is 59.9 Å². The molecule has 0 bridgehead atoms. The van der Waals surface area contributed by atoms with E-state index in [1.54, 1.807) is 13.2 Å². The van der Waals surface area contributed by atoms with Gasteiger partial charge in [-0.1, -0.05) is 30.3 Å². The molecule has 0 spiro atoms. The molecule has 0 aliphatic carbocycles. The van der Waals surface area contributed by atoms with E-state index in [1.165, 1.54) is 25.1 Å². The molecular formula is C19H22FN3O3. The van der Waals surface area contributed by atoms with Gasteiger partial charge in [-0.15, -0.1) is 0 Å². The number of halogens is 1. The number of rotatable bonds is 7. The van der Waals surface area contributed by atoms with Gasteiger partial charge in [-0.2, -0.15) is 0 Å². The lowest BCUT2D eigenvalue weighted by molar-refractivity contribution is -0.117. The molecular weight excluding hydrogens is 337 g/mol.